The highest BCUT2D eigenvalue weighted by Crippen LogP contribution is 2.34. The number of hydrogen-bond acceptors (Lipinski definition) is 2. The number of ether oxygens (including phenoxy) is 1. The molecule has 17 heavy (non-hydrogen) atoms. The lowest BCUT2D eigenvalue weighted by atomic mass is 9.93. The molecule has 0 aliphatic carbocycles. The molecule has 2 heterocycles. The molecule has 1 unspecified atom stereocenters. The molecule has 0 saturated carbocycles. The monoisotopic (exact) mass is 248 g/mol. The third-order valence-corrected chi connectivity index (χ3v) is 4.20. The highest BCUT2D eigenvalue weighted by atomic mass is 32.1. The largest absolute Gasteiger partial charge is 0.376 e. The van der Waals surface area contributed by atoms with E-state index in [4.69, 9.17) is 4.74 Å². The molecule has 0 aromatic carbocycles. The summed E-state index contributed by atoms with van der Waals surface area (Å²) < 4.78 is 5.60. The van der Waals surface area contributed by atoms with Crippen molar-refractivity contribution in [3.63, 3.8) is 0 Å². The number of hydrogen-bond donors (Lipinski definition) is 0. The molecule has 1 nitrogen and oxygen atoms in total. The van der Waals surface area contributed by atoms with Crippen LogP contribution in [-0.2, 0) is 4.74 Å². The molecule has 1 aliphatic heterocycles. The van der Waals surface area contributed by atoms with Crippen LogP contribution in [0.2, 0.25) is 0 Å². The quantitative estimate of drug-likeness (QED) is 0.696. The average Bonchev–Trinajstić information content (AvgIpc) is 3.00. The summed E-state index contributed by atoms with van der Waals surface area (Å²) in [6.07, 6.45) is 5.68. The fourth-order valence-corrected chi connectivity index (χ4v) is 3.11. The zero-order chi connectivity index (χ0) is 12.1. The summed E-state index contributed by atoms with van der Waals surface area (Å²) in [5.41, 5.74) is 2.96. The highest BCUT2D eigenvalue weighted by Gasteiger charge is 2.23. The van der Waals surface area contributed by atoms with Crippen LogP contribution in [0.4, 0.5) is 0 Å². The molecule has 1 atom stereocenters. The second-order valence-electron chi connectivity index (χ2n) is 4.44. The van der Waals surface area contributed by atoms with Gasteiger partial charge in [-0.15, -0.1) is 17.9 Å². The number of allylic oxidation sites excluding steroid dienone is 1. The Balaban J connectivity index is 2.31. The van der Waals surface area contributed by atoms with E-state index in [1.165, 1.54) is 35.3 Å². The summed E-state index contributed by atoms with van der Waals surface area (Å²) in [5.74, 6) is 0.420. The van der Waals surface area contributed by atoms with E-state index in [1.54, 1.807) is 0 Å². The van der Waals surface area contributed by atoms with Gasteiger partial charge >= 0.3 is 0 Å². The number of thiophene rings is 1. The molecular formula is C15H20OS. The second kappa shape index (κ2) is 6.18. The zero-order valence-electron chi connectivity index (χ0n) is 10.4. The first-order valence-corrected chi connectivity index (χ1v) is 7.20. The molecule has 92 valence electrons. The first-order valence-electron chi connectivity index (χ1n) is 6.33. The molecule has 1 saturated heterocycles. The molecule has 1 fully saturated rings. The maximum absolute atomic E-state index is 5.60. The fraction of sp³-hybridized carbons (Fsp3) is 0.467. The van der Waals surface area contributed by atoms with Crippen LogP contribution < -0.4 is 0 Å². The van der Waals surface area contributed by atoms with Gasteiger partial charge in [0.15, 0.2) is 0 Å². The predicted molar refractivity (Wildman–Crippen MR) is 75.3 cm³/mol. The molecule has 0 bridgehead atoms. The molecule has 0 N–H and O–H groups in total. The number of rotatable bonds is 5. The van der Waals surface area contributed by atoms with Crippen molar-refractivity contribution < 1.29 is 4.74 Å². The molecule has 0 spiro atoms. The third-order valence-electron chi connectivity index (χ3n) is 3.27. The predicted octanol–water partition coefficient (Wildman–Crippen LogP) is 4.52. The van der Waals surface area contributed by atoms with Crippen LogP contribution in [0.3, 0.4) is 0 Å². The van der Waals surface area contributed by atoms with Crippen molar-refractivity contribution in [1.82, 2.24) is 0 Å². The van der Waals surface area contributed by atoms with E-state index in [0.717, 1.165) is 13.2 Å². The molecular weight excluding hydrogens is 228 g/mol. The van der Waals surface area contributed by atoms with E-state index in [9.17, 15) is 0 Å². The van der Waals surface area contributed by atoms with Crippen LogP contribution in [0.1, 0.15) is 31.1 Å². The van der Waals surface area contributed by atoms with Crippen LogP contribution in [0, 0.1) is 5.92 Å². The molecule has 1 aromatic heterocycles. The Bertz CT molecular complexity index is 389. The first-order chi connectivity index (χ1) is 8.36. The van der Waals surface area contributed by atoms with Gasteiger partial charge in [-0.3, -0.25) is 0 Å². The minimum Gasteiger partial charge on any atom is -0.376 e. The van der Waals surface area contributed by atoms with Crippen molar-refractivity contribution in [1.29, 1.82) is 0 Å². The standard InChI is InChI=1S/C15H20OS/c1-3-5-7-13(15-8-6-9-17-15)14-11-16-10-12(14)4-2/h4,6,8-9,12H,2-3,5,7,10-11H2,1H3/b14-13+. The van der Waals surface area contributed by atoms with E-state index in [-0.39, 0.29) is 0 Å². The molecule has 2 heteroatoms. The van der Waals surface area contributed by atoms with Crippen molar-refractivity contribution >= 4 is 16.9 Å². The Hall–Kier alpha value is -0.860. The lowest BCUT2D eigenvalue weighted by molar-refractivity contribution is 0.195. The molecule has 1 aliphatic rings. The maximum Gasteiger partial charge on any atom is 0.0690 e. The van der Waals surface area contributed by atoms with E-state index >= 15 is 0 Å². The van der Waals surface area contributed by atoms with Crippen LogP contribution in [0.25, 0.3) is 5.57 Å². The lowest BCUT2D eigenvalue weighted by Crippen LogP contribution is -2.00. The van der Waals surface area contributed by atoms with Gasteiger partial charge in [-0.1, -0.05) is 25.5 Å². The first kappa shape index (κ1) is 12.6. The molecule has 0 radical (unpaired) electrons. The van der Waals surface area contributed by atoms with Gasteiger partial charge in [-0.25, -0.2) is 0 Å². The summed E-state index contributed by atoms with van der Waals surface area (Å²) in [6, 6.07) is 4.35. The van der Waals surface area contributed by atoms with E-state index in [1.807, 2.05) is 17.4 Å². The van der Waals surface area contributed by atoms with E-state index in [2.05, 4.69) is 31.0 Å². The Morgan fingerprint density at radius 3 is 3.18 bits per heavy atom. The van der Waals surface area contributed by atoms with Crippen LogP contribution in [-0.4, -0.2) is 13.2 Å². The maximum atomic E-state index is 5.60. The highest BCUT2D eigenvalue weighted by molar-refractivity contribution is 7.11. The Morgan fingerprint density at radius 2 is 2.53 bits per heavy atom. The summed E-state index contributed by atoms with van der Waals surface area (Å²) in [7, 11) is 0. The van der Waals surface area contributed by atoms with Gasteiger partial charge in [0.2, 0.25) is 0 Å². The van der Waals surface area contributed by atoms with Crippen LogP contribution in [0.5, 0.6) is 0 Å². The number of unbranched alkanes of at least 4 members (excludes halogenated alkanes) is 1. The zero-order valence-corrected chi connectivity index (χ0v) is 11.3. The van der Waals surface area contributed by atoms with Gasteiger partial charge in [0.25, 0.3) is 0 Å². The van der Waals surface area contributed by atoms with Gasteiger partial charge in [0.1, 0.15) is 0 Å². The van der Waals surface area contributed by atoms with Crippen molar-refractivity contribution in [2.75, 3.05) is 13.2 Å². The SMILES string of the molecule is C=CC1COC/C1=C(/CCCC)c1cccs1. The van der Waals surface area contributed by atoms with Crippen molar-refractivity contribution in [2.45, 2.75) is 26.2 Å². The Labute approximate surface area is 108 Å². The summed E-state index contributed by atoms with van der Waals surface area (Å²) in [6.45, 7) is 7.76. The molecule has 0 amide bonds. The normalized spacial score (nSPS) is 22.8. The minimum absolute atomic E-state index is 0.420. The average molecular weight is 248 g/mol. The van der Waals surface area contributed by atoms with Crippen LogP contribution in [0.15, 0.2) is 35.7 Å². The van der Waals surface area contributed by atoms with Crippen LogP contribution >= 0.6 is 11.3 Å². The lowest BCUT2D eigenvalue weighted by Gasteiger charge is -2.12. The third kappa shape index (κ3) is 2.88. The van der Waals surface area contributed by atoms with E-state index < -0.39 is 0 Å². The Morgan fingerprint density at radius 1 is 1.65 bits per heavy atom. The molecule has 2 rings (SSSR count). The summed E-state index contributed by atoms with van der Waals surface area (Å²) >= 11 is 1.83. The van der Waals surface area contributed by atoms with Gasteiger partial charge in [0.05, 0.1) is 13.2 Å². The topological polar surface area (TPSA) is 9.23 Å². The fourth-order valence-electron chi connectivity index (χ4n) is 2.27. The van der Waals surface area contributed by atoms with Crippen molar-refractivity contribution in [3.05, 3.63) is 40.6 Å². The van der Waals surface area contributed by atoms with Gasteiger partial charge < -0.3 is 4.74 Å². The second-order valence-corrected chi connectivity index (χ2v) is 5.39. The summed E-state index contributed by atoms with van der Waals surface area (Å²) in [4.78, 5) is 1.41. The Kier molecular flexibility index (Phi) is 4.57. The van der Waals surface area contributed by atoms with Gasteiger partial charge in [0, 0.05) is 10.8 Å². The van der Waals surface area contributed by atoms with E-state index in [0.29, 0.717) is 5.92 Å². The minimum atomic E-state index is 0.420. The molecule has 1 aromatic rings. The van der Waals surface area contributed by atoms with Crippen molar-refractivity contribution in [2.24, 2.45) is 5.92 Å². The smallest absolute Gasteiger partial charge is 0.0690 e. The summed E-state index contributed by atoms with van der Waals surface area (Å²) in [5, 5.41) is 2.15. The van der Waals surface area contributed by atoms with Gasteiger partial charge in [-0.05, 0) is 35.4 Å². The van der Waals surface area contributed by atoms with Crippen molar-refractivity contribution in [3.8, 4) is 0 Å². The van der Waals surface area contributed by atoms with Gasteiger partial charge in [-0.2, -0.15) is 0 Å².